The van der Waals surface area contributed by atoms with Gasteiger partial charge in [0.15, 0.2) is 0 Å². The van der Waals surface area contributed by atoms with Crippen LogP contribution in [0.4, 0.5) is 0 Å². The van der Waals surface area contributed by atoms with Crippen LogP contribution in [0, 0.1) is 13.8 Å². The van der Waals surface area contributed by atoms with E-state index in [1.165, 1.54) is 24.0 Å². The van der Waals surface area contributed by atoms with Gasteiger partial charge in [0, 0.05) is 26.1 Å². The van der Waals surface area contributed by atoms with Gasteiger partial charge >= 0.3 is 0 Å². The van der Waals surface area contributed by atoms with Crippen molar-refractivity contribution in [3.8, 4) is 0 Å². The Balaban J connectivity index is 1.42. The summed E-state index contributed by atoms with van der Waals surface area (Å²) in [5, 5.41) is 12.5. The number of fused-ring (bicyclic) bond motifs is 1. The Morgan fingerprint density at radius 2 is 2.04 bits per heavy atom. The Labute approximate surface area is 161 Å². The van der Waals surface area contributed by atoms with E-state index in [0.29, 0.717) is 12.5 Å². The van der Waals surface area contributed by atoms with E-state index >= 15 is 0 Å². The summed E-state index contributed by atoms with van der Waals surface area (Å²) in [6.07, 6.45) is 4.84. The molecular formula is C21H29N5O. The Morgan fingerprint density at radius 1 is 1.15 bits per heavy atom. The van der Waals surface area contributed by atoms with Crippen molar-refractivity contribution < 1.29 is 4.79 Å². The fraction of sp³-hybridized carbons (Fsp3) is 0.571. The van der Waals surface area contributed by atoms with Crippen molar-refractivity contribution >= 4 is 5.91 Å². The number of aryl methyl sites for hydroxylation is 2. The lowest BCUT2D eigenvalue weighted by Crippen LogP contribution is -2.35. The second kappa shape index (κ2) is 7.80. The van der Waals surface area contributed by atoms with Crippen LogP contribution in [0.3, 0.4) is 0 Å². The largest absolute Gasteiger partial charge is 0.340 e. The molecule has 1 aromatic carbocycles. The van der Waals surface area contributed by atoms with Gasteiger partial charge in [-0.1, -0.05) is 24.6 Å². The summed E-state index contributed by atoms with van der Waals surface area (Å²) in [6.45, 7) is 7.49. The monoisotopic (exact) mass is 367 g/mol. The van der Waals surface area contributed by atoms with E-state index in [-0.39, 0.29) is 5.91 Å². The third-order valence-electron chi connectivity index (χ3n) is 5.96. The summed E-state index contributed by atoms with van der Waals surface area (Å²) >= 11 is 0. The molecule has 0 spiro atoms. The van der Waals surface area contributed by atoms with E-state index in [9.17, 15) is 4.79 Å². The van der Waals surface area contributed by atoms with Crippen molar-refractivity contribution in [2.75, 3.05) is 19.6 Å². The standard InChI is InChI=1S/C21H29N5O/c1-15-6-7-17(13-16(15)2)14-20(27)25-10-8-19-23-24-21(26(19)12-11-25)18-5-3-4-9-22-18/h6-7,13,18,22H,3-5,8-12,14H2,1-2H3. The maximum absolute atomic E-state index is 12.8. The number of amides is 1. The second-order valence-electron chi connectivity index (χ2n) is 7.85. The molecule has 6 nitrogen and oxygen atoms in total. The summed E-state index contributed by atoms with van der Waals surface area (Å²) in [5.41, 5.74) is 3.61. The zero-order chi connectivity index (χ0) is 18.8. The van der Waals surface area contributed by atoms with E-state index in [0.717, 1.165) is 56.2 Å². The van der Waals surface area contributed by atoms with Gasteiger partial charge in [-0.15, -0.1) is 10.2 Å². The van der Waals surface area contributed by atoms with Gasteiger partial charge in [0.1, 0.15) is 11.6 Å². The number of benzene rings is 1. The quantitative estimate of drug-likeness (QED) is 0.904. The van der Waals surface area contributed by atoms with Gasteiger partial charge < -0.3 is 14.8 Å². The van der Waals surface area contributed by atoms with Crippen LogP contribution < -0.4 is 5.32 Å². The van der Waals surface area contributed by atoms with Crippen LogP contribution in [-0.4, -0.2) is 45.2 Å². The Bertz CT molecular complexity index is 822. The van der Waals surface area contributed by atoms with E-state index < -0.39 is 0 Å². The van der Waals surface area contributed by atoms with E-state index in [1.54, 1.807) is 0 Å². The molecule has 2 aliphatic rings. The van der Waals surface area contributed by atoms with Crippen LogP contribution in [-0.2, 0) is 24.2 Å². The summed E-state index contributed by atoms with van der Waals surface area (Å²) in [6, 6.07) is 6.61. The highest BCUT2D eigenvalue weighted by Crippen LogP contribution is 2.23. The SMILES string of the molecule is Cc1ccc(CC(=O)N2CCc3nnc(C4CCCCN4)n3CC2)cc1C. The maximum atomic E-state index is 12.8. The first-order chi connectivity index (χ1) is 13.1. The number of aromatic nitrogens is 3. The Morgan fingerprint density at radius 3 is 2.81 bits per heavy atom. The predicted octanol–water partition coefficient (Wildman–Crippen LogP) is 2.34. The normalized spacial score (nSPS) is 20.2. The number of carbonyl (C=O) groups is 1. The third-order valence-corrected chi connectivity index (χ3v) is 5.96. The van der Waals surface area contributed by atoms with Gasteiger partial charge in [-0.05, 0) is 49.9 Å². The molecule has 27 heavy (non-hydrogen) atoms. The minimum absolute atomic E-state index is 0.203. The minimum atomic E-state index is 0.203. The highest BCUT2D eigenvalue weighted by molar-refractivity contribution is 5.79. The molecule has 2 aromatic rings. The first-order valence-electron chi connectivity index (χ1n) is 10.1. The smallest absolute Gasteiger partial charge is 0.227 e. The van der Waals surface area contributed by atoms with Crippen molar-refractivity contribution in [3.05, 3.63) is 46.5 Å². The number of nitrogens with one attached hydrogen (secondary N) is 1. The molecule has 1 unspecified atom stereocenters. The average Bonchev–Trinajstić information content (AvgIpc) is 2.96. The van der Waals surface area contributed by atoms with Crippen LogP contribution in [0.15, 0.2) is 18.2 Å². The molecule has 1 atom stereocenters. The number of rotatable bonds is 3. The van der Waals surface area contributed by atoms with E-state index in [1.807, 2.05) is 4.90 Å². The summed E-state index contributed by atoms with van der Waals surface area (Å²) in [5.74, 6) is 2.27. The van der Waals surface area contributed by atoms with Crippen LogP contribution >= 0.6 is 0 Å². The molecule has 1 amide bonds. The van der Waals surface area contributed by atoms with E-state index in [2.05, 4.69) is 52.1 Å². The highest BCUT2D eigenvalue weighted by atomic mass is 16.2. The van der Waals surface area contributed by atoms with Crippen molar-refractivity contribution in [3.63, 3.8) is 0 Å². The predicted molar refractivity (Wildman–Crippen MR) is 105 cm³/mol. The molecule has 4 rings (SSSR count). The molecule has 0 bridgehead atoms. The van der Waals surface area contributed by atoms with Crippen molar-refractivity contribution in [1.29, 1.82) is 0 Å². The van der Waals surface area contributed by atoms with Gasteiger partial charge in [-0.3, -0.25) is 4.79 Å². The maximum Gasteiger partial charge on any atom is 0.227 e. The molecule has 1 N–H and O–H groups in total. The topological polar surface area (TPSA) is 63.1 Å². The van der Waals surface area contributed by atoms with Crippen molar-refractivity contribution in [2.45, 2.75) is 58.5 Å². The molecule has 1 fully saturated rings. The number of hydrogen-bond donors (Lipinski definition) is 1. The van der Waals surface area contributed by atoms with Gasteiger partial charge in [0.2, 0.25) is 5.91 Å². The first kappa shape index (κ1) is 18.2. The van der Waals surface area contributed by atoms with Crippen molar-refractivity contribution in [2.24, 2.45) is 0 Å². The van der Waals surface area contributed by atoms with Gasteiger partial charge in [-0.2, -0.15) is 0 Å². The summed E-state index contributed by atoms with van der Waals surface area (Å²) < 4.78 is 2.24. The first-order valence-corrected chi connectivity index (χ1v) is 10.1. The highest BCUT2D eigenvalue weighted by Gasteiger charge is 2.26. The number of piperidine rings is 1. The second-order valence-corrected chi connectivity index (χ2v) is 7.85. The summed E-state index contributed by atoms with van der Waals surface area (Å²) in [4.78, 5) is 14.8. The number of nitrogens with zero attached hydrogens (tertiary/aromatic N) is 4. The molecule has 0 radical (unpaired) electrons. The van der Waals surface area contributed by atoms with Crippen LogP contribution in [0.1, 0.15) is 53.6 Å². The lowest BCUT2D eigenvalue weighted by molar-refractivity contribution is -0.130. The molecule has 3 heterocycles. The fourth-order valence-electron chi connectivity index (χ4n) is 4.12. The zero-order valence-electron chi connectivity index (χ0n) is 16.4. The van der Waals surface area contributed by atoms with Crippen LogP contribution in [0.5, 0.6) is 0 Å². The van der Waals surface area contributed by atoms with Gasteiger partial charge in [0.25, 0.3) is 0 Å². The Hall–Kier alpha value is -2.21. The lowest BCUT2D eigenvalue weighted by atomic mass is 10.0. The molecule has 144 valence electrons. The Kier molecular flexibility index (Phi) is 5.25. The van der Waals surface area contributed by atoms with Crippen LogP contribution in [0.25, 0.3) is 0 Å². The fourth-order valence-corrected chi connectivity index (χ4v) is 4.12. The van der Waals surface area contributed by atoms with Crippen molar-refractivity contribution in [1.82, 2.24) is 25.0 Å². The molecular weight excluding hydrogens is 338 g/mol. The average molecular weight is 367 g/mol. The number of carbonyl (C=O) groups excluding carboxylic acids is 1. The lowest BCUT2D eigenvalue weighted by Gasteiger charge is -2.24. The molecule has 1 saturated heterocycles. The number of hydrogen-bond acceptors (Lipinski definition) is 4. The molecule has 0 aliphatic carbocycles. The molecule has 1 aromatic heterocycles. The van der Waals surface area contributed by atoms with Gasteiger partial charge in [0.05, 0.1) is 12.5 Å². The molecule has 0 saturated carbocycles. The molecule has 6 heteroatoms. The van der Waals surface area contributed by atoms with Crippen LogP contribution in [0.2, 0.25) is 0 Å². The van der Waals surface area contributed by atoms with Gasteiger partial charge in [-0.25, -0.2) is 0 Å². The van der Waals surface area contributed by atoms with E-state index in [4.69, 9.17) is 0 Å². The summed E-state index contributed by atoms with van der Waals surface area (Å²) in [7, 11) is 0. The zero-order valence-corrected chi connectivity index (χ0v) is 16.4. The molecule has 2 aliphatic heterocycles. The third kappa shape index (κ3) is 3.90. The minimum Gasteiger partial charge on any atom is -0.340 e.